The summed E-state index contributed by atoms with van der Waals surface area (Å²) in [6, 6.07) is 11.5. The molecule has 0 saturated heterocycles. The predicted molar refractivity (Wildman–Crippen MR) is 147 cm³/mol. The maximum Gasteiger partial charge on any atom is 0.334 e. The molecule has 2 aromatic rings. The maximum atomic E-state index is 13.8. The predicted octanol–water partition coefficient (Wildman–Crippen LogP) is 5.64. The zero-order chi connectivity index (χ0) is 27.8. The number of rotatable bonds is 7. The van der Waals surface area contributed by atoms with E-state index < -0.39 is 32.0 Å². The molecule has 2 atom stereocenters. The Hall–Kier alpha value is -3.04. The lowest BCUT2D eigenvalue weighted by Gasteiger charge is -2.40. The number of hydrazine groups is 1. The summed E-state index contributed by atoms with van der Waals surface area (Å²) in [4.78, 5) is 27.1. The second-order valence-electron chi connectivity index (χ2n) is 11.7. The zero-order valence-electron chi connectivity index (χ0n) is 23.6. The van der Waals surface area contributed by atoms with Gasteiger partial charge in [0.25, 0.3) is 5.91 Å². The largest absolute Gasteiger partial charge is 0.493 e. The molecular formula is C28H40N2O6Si. The van der Waals surface area contributed by atoms with E-state index in [9.17, 15) is 9.59 Å². The third-order valence-corrected chi connectivity index (χ3v) is 11.3. The van der Waals surface area contributed by atoms with Crippen molar-refractivity contribution in [2.24, 2.45) is 0 Å². The van der Waals surface area contributed by atoms with Gasteiger partial charge in [0.05, 0.1) is 19.9 Å². The number of nitrogens with zero attached hydrogens (tertiary/aromatic N) is 1. The minimum Gasteiger partial charge on any atom is -0.493 e. The Bertz CT molecular complexity index is 1140. The normalized spacial score (nSPS) is 17.7. The first kappa shape index (κ1) is 28.5. The summed E-state index contributed by atoms with van der Waals surface area (Å²) in [6.45, 7) is 16.1. The first-order valence-electron chi connectivity index (χ1n) is 12.4. The average Bonchev–Trinajstić information content (AvgIpc) is 3.08. The van der Waals surface area contributed by atoms with Crippen LogP contribution in [-0.2, 0) is 14.0 Å². The summed E-state index contributed by atoms with van der Waals surface area (Å²) in [7, 11) is 0.715. The van der Waals surface area contributed by atoms with E-state index in [2.05, 4.69) is 39.3 Å². The van der Waals surface area contributed by atoms with Crippen molar-refractivity contribution in [3.63, 3.8) is 0 Å². The number of fused-ring (bicyclic) bond motifs is 1. The number of ether oxygens (including phenoxy) is 3. The van der Waals surface area contributed by atoms with Crippen LogP contribution in [0.4, 0.5) is 5.69 Å². The number of benzene rings is 2. The number of anilines is 1. The Labute approximate surface area is 221 Å². The fourth-order valence-electron chi connectivity index (χ4n) is 3.88. The summed E-state index contributed by atoms with van der Waals surface area (Å²) < 4.78 is 23.9. The molecule has 1 aliphatic heterocycles. The van der Waals surface area contributed by atoms with Gasteiger partial charge in [0.1, 0.15) is 11.7 Å². The van der Waals surface area contributed by atoms with Crippen LogP contribution in [0.15, 0.2) is 42.5 Å². The van der Waals surface area contributed by atoms with Crippen molar-refractivity contribution in [1.29, 1.82) is 0 Å². The van der Waals surface area contributed by atoms with Crippen molar-refractivity contribution in [3.8, 4) is 11.5 Å². The summed E-state index contributed by atoms with van der Waals surface area (Å²) in [5, 5.41) is 1.43. The Kier molecular flexibility index (Phi) is 8.00. The van der Waals surface area contributed by atoms with Gasteiger partial charge in [0, 0.05) is 17.2 Å². The van der Waals surface area contributed by atoms with E-state index in [1.807, 2.05) is 32.9 Å². The van der Waals surface area contributed by atoms with Gasteiger partial charge in [-0.1, -0.05) is 39.0 Å². The summed E-state index contributed by atoms with van der Waals surface area (Å²) >= 11 is 0. The summed E-state index contributed by atoms with van der Waals surface area (Å²) in [6.07, 6.45) is -0.707. The molecule has 1 N–H and O–H groups in total. The van der Waals surface area contributed by atoms with Gasteiger partial charge < -0.3 is 18.6 Å². The molecule has 0 aromatic heterocycles. The minimum atomic E-state index is -2.39. The Morgan fingerprint density at radius 3 is 2.00 bits per heavy atom. The van der Waals surface area contributed by atoms with Crippen LogP contribution in [0.3, 0.4) is 0 Å². The molecule has 0 unspecified atom stereocenters. The van der Waals surface area contributed by atoms with E-state index in [1.54, 1.807) is 49.6 Å². The fraction of sp³-hybridized carbons (Fsp3) is 0.500. The number of hydrogen-bond donors (Lipinski definition) is 1. The quantitative estimate of drug-likeness (QED) is 0.367. The van der Waals surface area contributed by atoms with E-state index in [4.69, 9.17) is 18.6 Å². The monoisotopic (exact) mass is 528 g/mol. The molecule has 0 bridgehead atoms. The number of amides is 1. The van der Waals surface area contributed by atoms with E-state index in [0.717, 1.165) is 0 Å². The number of hydrogen-bond acceptors (Lipinski definition) is 7. The van der Waals surface area contributed by atoms with Crippen molar-refractivity contribution in [2.75, 3.05) is 19.2 Å². The van der Waals surface area contributed by atoms with Crippen LogP contribution in [0.25, 0.3) is 0 Å². The van der Waals surface area contributed by atoms with Crippen molar-refractivity contribution in [3.05, 3.63) is 53.6 Å². The highest BCUT2D eigenvalue weighted by atomic mass is 28.4. The Morgan fingerprint density at radius 1 is 0.919 bits per heavy atom. The van der Waals surface area contributed by atoms with Gasteiger partial charge in [0.15, 0.2) is 25.9 Å². The molecule has 0 radical (unpaired) electrons. The molecular weight excluding hydrogens is 488 g/mol. The van der Waals surface area contributed by atoms with Gasteiger partial charge >= 0.3 is 5.97 Å². The van der Waals surface area contributed by atoms with Crippen molar-refractivity contribution >= 4 is 25.9 Å². The third-order valence-electron chi connectivity index (χ3n) is 6.80. The maximum absolute atomic E-state index is 13.8. The number of esters is 1. The molecule has 37 heavy (non-hydrogen) atoms. The lowest BCUT2D eigenvalue weighted by Crippen LogP contribution is -2.54. The molecule has 2 aromatic carbocycles. The number of carbonyl (C=O) groups is 2. The van der Waals surface area contributed by atoms with Crippen LogP contribution < -0.4 is 19.9 Å². The van der Waals surface area contributed by atoms with E-state index in [-0.39, 0.29) is 10.9 Å². The highest BCUT2D eigenvalue weighted by Crippen LogP contribution is 2.50. The lowest BCUT2D eigenvalue weighted by atomic mass is 10.1. The number of carbonyl (C=O) groups excluding carboxylic acids is 2. The van der Waals surface area contributed by atoms with E-state index in [1.165, 1.54) is 0 Å². The standard InChI is InChI=1S/C28H40N2O6Si/c1-27(2,3)35-26(32)23-24(36-37(9,10)28(4,5)6)19-16-21(33-7)22(34-8)17-20(19)30(23)29-25(31)18-14-12-11-13-15-18/h11-17,23-24H,1-10H3,(H,29,31)/t23-,24-/m0/s1. The molecule has 0 spiro atoms. The molecule has 0 fully saturated rings. The summed E-state index contributed by atoms with van der Waals surface area (Å²) in [5.74, 6) is 0.113. The van der Waals surface area contributed by atoms with Crippen LogP contribution in [0.5, 0.6) is 11.5 Å². The first-order chi connectivity index (χ1) is 17.1. The van der Waals surface area contributed by atoms with Crippen LogP contribution in [0.1, 0.15) is 63.6 Å². The Morgan fingerprint density at radius 2 is 1.49 bits per heavy atom. The second kappa shape index (κ2) is 10.4. The fourth-order valence-corrected chi connectivity index (χ4v) is 5.13. The zero-order valence-corrected chi connectivity index (χ0v) is 24.6. The molecule has 1 amide bonds. The van der Waals surface area contributed by atoms with Crippen LogP contribution in [0, 0.1) is 0 Å². The minimum absolute atomic E-state index is 0.122. The summed E-state index contributed by atoms with van der Waals surface area (Å²) in [5.41, 5.74) is 3.96. The second-order valence-corrected chi connectivity index (χ2v) is 16.5. The van der Waals surface area contributed by atoms with E-state index in [0.29, 0.717) is 28.3 Å². The van der Waals surface area contributed by atoms with Crippen molar-refractivity contribution in [2.45, 2.75) is 77.4 Å². The van der Waals surface area contributed by atoms with E-state index >= 15 is 0 Å². The molecule has 8 nitrogen and oxygen atoms in total. The lowest BCUT2D eigenvalue weighted by molar-refractivity contribution is -0.159. The van der Waals surface area contributed by atoms with Gasteiger partial charge in [-0.15, -0.1) is 0 Å². The topological polar surface area (TPSA) is 86.3 Å². The Balaban J connectivity index is 2.20. The van der Waals surface area contributed by atoms with Gasteiger partial charge in [-0.05, 0) is 57.1 Å². The van der Waals surface area contributed by atoms with Crippen LogP contribution in [-0.4, -0.2) is 46.1 Å². The van der Waals surface area contributed by atoms with Crippen molar-refractivity contribution < 1.29 is 28.2 Å². The molecule has 202 valence electrons. The van der Waals surface area contributed by atoms with Crippen LogP contribution in [0.2, 0.25) is 18.1 Å². The highest BCUT2D eigenvalue weighted by molar-refractivity contribution is 6.74. The highest BCUT2D eigenvalue weighted by Gasteiger charge is 2.51. The van der Waals surface area contributed by atoms with Gasteiger partial charge in [-0.25, -0.2) is 4.79 Å². The number of nitrogens with one attached hydrogen (secondary N) is 1. The first-order valence-corrected chi connectivity index (χ1v) is 15.3. The number of methoxy groups -OCH3 is 2. The van der Waals surface area contributed by atoms with Gasteiger partial charge in [-0.3, -0.25) is 15.2 Å². The SMILES string of the molecule is COc1cc2c(cc1OC)N(NC(=O)c1ccccc1)[C@H](C(=O)OC(C)(C)C)[C@H]2O[Si](C)(C)C(C)(C)C. The molecule has 1 heterocycles. The third kappa shape index (κ3) is 6.10. The van der Waals surface area contributed by atoms with Crippen LogP contribution >= 0.6 is 0 Å². The molecule has 9 heteroatoms. The molecule has 0 saturated carbocycles. The molecule has 0 aliphatic carbocycles. The molecule has 3 rings (SSSR count). The van der Waals surface area contributed by atoms with Gasteiger partial charge in [0.2, 0.25) is 0 Å². The average molecular weight is 529 g/mol. The molecule has 1 aliphatic rings. The van der Waals surface area contributed by atoms with Gasteiger partial charge in [-0.2, -0.15) is 0 Å². The smallest absolute Gasteiger partial charge is 0.334 e. The van der Waals surface area contributed by atoms with Crippen molar-refractivity contribution in [1.82, 2.24) is 5.43 Å².